The Balaban J connectivity index is 1.74. The van der Waals surface area contributed by atoms with Crippen LogP contribution in [0.2, 0.25) is 0 Å². The summed E-state index contributed by atoms with van der Waals surface area (Å²) in [6, 6.07) is 7.91. The molecule has 0 saturated carbocycles. The largest absolute Gasteiger partial charge is 0.376 e. The lowest BCUT2D eigenvalue weighted by Gasteiger charge is -2.38. The molecule has 2 heterocycles. The first-order valence-electron chi connectivity index (χ1n) is 8.78. The number of benzene rings is 1. The zero-order valence-electron chi connectivity index (χ0n) is 14.5. The average Bonchev–Trinajstić information content (AvgIpc) is 3.09. The summed E-state index contributed by atoms with van der Waals surface area (Å²) in [6.45, 7) is 3.38. The minimum Gasteiger partial charge on any atom is -0.376 e. The van der Waals surface area contributed by atoms with Crippen LogP contribution in [0, 0.1) is 12.8 Å². The van der Waals surface area contributed by atoms with Crippen LogP contribution < -0.4 is 5.32 Å². The quantitative estimate of drug-likeness (QED) is 0.921. The molecule has 3 rings (SSSR count). The van der Waals surface area contributed by atoms with Crippen molar-refractivity contribution in [3.63, 3.8) is 0 Å². The van der Waals surface area contributed by atoms with E-state index in [4.69, 9.17) is 4.74 Å². The number of amides is 2. The summed E-state index contributed by atoms with van der Waals surface area (Å²) in [5.74, 6) is -0.0871. The zero-order chi connectivity index (χ0) is 17.1. The fourth-order valence-corrected chi connectivity index (χ4v) is 3.68. The first-order valence-corrected chi connectivity index (χ1v) is 8.78. The topological polar surface area (TPSA) is 58.6 Å². The van der Waals surface area contributed by atoms with Crippen molar-refractivity contribution >= 4 is 11.8 Å². The summed E-state index contributed by atoms with van der Waals surface area (Å²) in [6.07, 6.45) is 3.23. The second-order valence-corrected chi connectivity index (χ2v) is 6.89. The van der Waals surface area contributed by atoms with Crippen molar-refractivity contribution in [2.45, 2.75) is 44.8 Å². The number of carbonyl (C=O) groups is 2. The Morgan fingerprint density at radius 3 is 2.71 bits per heavy atom. The van der Waals surface area contributed by atoms with Gasteiger partial charge in [0.1, 0.15) is 0 Å². The van der Waals surface area contributed by atoms with E-state index in [2.05, 4.69) is 5.32 Å². The number of hydrogen-bond acceptors (Lipinski definition) is 3. The lowest BCUT2D eigenvalue weighted by atomic mass is 9.83. The van der Waals surface area contributed by atoms with Crippen LogP contribution in [0.3, 0.4) is 0 Å². The molecule has 2 saturated heterocycles. The Morgan fingerprint density at radius 1 is 1.29 bits per heavy atom. The third kappa shape index (κ3) is 3.61. The molecule has 3 atom stereocenters. The van der Waals surface area contributed by atoms with Crippen LogP contribution in [0.25, 0.3) is 0 Å². The van der Waals surface area contributed by atoms with Crippen LogP contribution in [-0.2, 0) is 14.3 Å². The summed E-state index contributed by atoms with van der Waals surface area (Å²) in [5.41, 5.74) is 2.19. The molecule has 2 amide bonds. The van der Waals surface area contributed by atoms with Crippen molar-refractivity contribution in [1.82, 2.24) is 10.2 Å². The highest BCUT2D eigenvalue weighted by molar-refractivity contribution is 5.84. The Hall–Kier alpha value is -1.88. The molecule has 1 aromatic rings. The highest BCUT2D eigenvalue weighted by atomic mass is 16.5. The van der Waals surface area contributed by atoms with Crippen LogP contribution in [0.1, 0.15) is 42.9 Å². The number of rotatable bonds is 4. The van der Waals surface area contributed by atoms with E-state index in [0.717, 1.165) is 25.0 Å². The van der Waals surface area contributed by atoms with E-state index in [1.54, 1.807) is 11.9 Å². The van der Waals surface area contributed by atoms with Gasteiger partial charge in [-0.2, -0.15) is 0 Å². The minimum atomic E-state index is -0.211. The molecular weight excluding hydrogens is 304 g/mol. The lowest BCUT2D eigenvalue weighted by molar-refractivity contribution is -0.141. The van der Waals surface area contributed by atoms with Crippen molar-refractivity contribution in [2.24, 2.45) is 5.92 Å². The summed E-state index contributed by atoms with van der Waals surface area (Å²) < 4.78 is 5.57. The Bertz CT molecular complexity index is 593. The van der Waals surface area contributed by atoms with Gasteiger partial charge in [0.05, 0.1) is 18.1 Å². The van der Waals surface area contributed by atoms with E-state index in [1.807, 2.05) is 31.2 Å². The van der Waals surface area contributed by atoms with Gasteiger partial charge in [-0.25, -0.2) is 0 Å². The van der Waals surface area contributed by atoms with Gasteiger partial charge in [-0.1, -0.05) is 29.8 Å². The maximum absolute atomic E-state index is 12.8. The highest BCUT2D eigenvalue weighted by Gasteiger charge is 2.38. The molecule has 0 aliphatic carbocycles. The second kappa shape index (κ2) is 7.34. The molecule has 130 valence electrons. The van der Waals surface area contributed by atoms with E-state index in [-0.39, 0.29) is 29.9 Å². The third-order valence-electron chi connectivity index (χ3n) is 5.14. The number of hydrogen-bond donors (Lipinski definition) is 1. The van der Waals surface area contributed by atoms with Crippen LogP contribution in [0.5, 0.6) is 0 Å². The van der Waals surface area contributed by atoms with Gasteiger partial charge in [0, 0.05) is 26.6 Å². The van der Waals surface area contributed by atoms with Gasteiger partial charge >= 0.3 is 0 Å². The van der Waals surface area contributed by atoms with Crippen LogP contribution >= 0.6 is 0 Å². The maximum Gasteiger partial charge on any atom is 0.225 e. The van der Waals surface area contributed by atoms with Crippen molar-refractivity contribution in [3.8, 4) is 0 Å². The Kier molecular flexibility index (Phi) is 5.19. The number of aryl methyl sites for hydroxylation is 1. The van der Waals surface area contributed by atoms with Crippen LogP contribution in [0.15, 0.2) is 24.3 Å². The molecule has 0 aromatic heterocycles. The first-order chi connectivity index (χ1) is 11.6. The SMILES string of the molecule is Cc1ccc([C@@H]2[C@H](C(=O)NC[C@H]3CCCO3)CCC(=O)N2C)cc1. The molecule has 1 N–H and O–H groups in total. The van der Waals surface area contributed by atoms with Gasteiger partial charge in [0.15, 0.2) is 0 Å². The van der Waals surface area contributed by atoms with E-state index in [1.165, 1.54) is 5.56 Å². The van der Waals surface area contributed by atoms with Crippen molar-refractivity contribution < 1.29 is 14.3 Å². The predicted octanol–water partition coefficient (Wildman–Crippen LogP) is 2.20. The van der Waals surface area contributed by atoms with Crippen LogP contribution in [0.4, 0.5) is 0 Å². The molecule has 5 heteroatoms. The number of piperidine rings is 1. The maximum atomic E-state index is 12.8. The molecule has 0 spiro atoms. The lowest BCUT2D eigenvalue weighted by Crippen LogP contribution is -2.47. The molecule has 2 fully saturated rings. The molecule has 5 nitrogen and oxygen atoms in total. The van der Waals surface area contributed by atoms with Crippen molar-refractivity contribution in [2.75, 3.05) is 20.2 Å². The molecule has 0 bridgehead atoms. The molecule has 2 aliphatic heterocycles. The average molecular weight is 330 g/mol. The molecule has 24 heavy (non-hydrogen) atoms. The fraction of sp³-hybridized carbons (Fsp3) is 0.579. The zero-order valence-corrected chi connectivity index (χ0v) is 14.5. The molecule has 0 unspecified atom stereocenters. The molecular formula is C19H26N2O3. The van der Waals surface area contributed by atoms with E-state index < -0.39 is 0 Å². The first kappa shape index (κ1) is 17.0. The number of nitrogens with one attached hydrogen (secondary N) is 1. The third-order valence-corrected chi connectivity index (χ3v) is 5.14. The predicted molar refractivity (Wildman–Crippen MR) is 91.4 cm³/mol. The van der Waals surface area contributed by atoms with Gasteiger partial charge in [0.25, 0.3) is 0 Å². The normalized spacial score (nSPS) is 27.3. The van der Waals surface area contributed by atoms with Gasteiger partial charge in [-0.05, 0) is 31.7 Å². The summed E-state index contributed by atoms with van der Waals surface area (Å²) in [4.78, 5) is 26.6. The van der Waals surface area contributed by atoms with Crippen molar-refractivity contribution in [3.05, 3.63) is 35.4 Å². The summed E-state index contributed by atoms with van der Waals surface area (Å²) >= 11 is 0. The summed E-state index contributed by atoms with van der Waals surface area (Å²) in [5, 5.41) is 3.04. The number of likely N-dealkylation sites (tertiary alicyclic amines) is 1. The summed E-state index contributed by atoms with van der Waals surface area (Å²) in [7, 11) is 1.80. The van der Waals surface area contributed by atoms with E-state index >= 15 is 0 Å². The van der Waals surface area contributed by atoms with E-state index in [0.29, 0.717) is 19.4 Å². The molecule has 1 aromatic carbocycles. The fourth-order valence-electron chi connectivity index (χ4n) is 3.68. The van der Waals surface area contributed by atoms with Crippen LogP contribution in [-0.4, -0.2) is 43.0 Å². The standard InChI is InChI=1S/C19H26N2O3/c1-13-5-7-14(8-6-13)18-16(9-10-17(22)21(18)2)19(23)20-12-15-4-3-11-24-15/h5-8,15-16,18H,3-4,9-12H2,1-2H3,(H,20,23)/t15-,16-,18-/m1/s1. The smallest absolute Gasteiger partial charge is 0.225 e. The Morgan fingerprint density at radius 2 is 2.04 bits per heavy atom. The van der Waals surface area contributed by atoms with Gasteiger partial charge in [-0.3, -0.25) is 9.59 Å². The van der Waals surface area contributed by atoms with Crippen molar-refractivity contribution in [1.29, 1.82) is 0 Å². The molecule has 2 aliphatic rings. The number of carbonyl (C=O) groups excluding carboxylic acids is 2. The number of ether oxygens (including phenoxy) is 1. The Labute approximate surface area is 143 Å². The van der Waals surface area contributed by atoms with E-state index in [9.17, 15) is 9.59 Å². The van der Waals surface area contributed by atoms with Gasteiger partial charge in [-0.15, -0.1) is 0 Å². The second-order valence-electron chi connectivity index (χ2n) is 6.89. The highest BCUT2D eigenvalue weighted by Crippen LogP contribution is 2.36. The van der Waals surface area contributed by atoms with Gasteiger partial charge < -0.3 is 15.0 Å². The monoisotopic (exact) mass is 330 g/mol. The van der Waals surface area contributed by atoms with Gasteiger partial charge in [0.2, 0.25) is 11.8 Å². The number of nitrogens with zero attached hydrogens (tertiary/aromatic N) is 1. The minimum absolute atomic E-state index is 0.0235. The molecule has 0 radical (unpaired) electrons.